The van der Waals surface area contributed by atoms with Crippen molar-refractivity contribution in [2.45, 2.75) is 38.1 Å². The average Bonchev–Trinajstić information content (AvgIpc) is 3.25. The van der Waals surface area contributed by atoms with Crippen LogP contribution >= 0.6 is 11.3 Å². The molecule has 3 rings (SSSR count). The minimum absolute atomic E-state index is 0.123. The summed E-state index contributed by atoms with van der Waals surface area (Å²) < 4.78 is 26.9. The first kappa shape index (κ1) is 18.1. The van der Waals surface area contributed by atoms with Crippen molar-refractivity contribution >= 4 is 27.3 Å². The Morgan fingerprint density at radius 1 is 1.20 bits per heavy atom. The van der Waals surface area contributed by atoms with E-state index in [1.165, 1.54) is 27.3 Å². The number of sulfonamides is 1. The Balaban J connectivity index is 1.76. The van der Waals surface area contributed by atoms with Gasteiger partial charge in [-0.2, -0.15) is 4.31 Å². The number of hydrogen-bond acceptors (Lipinski definition) is 4. The lowest BCUT2D eigenvalue weighted by Crippen LogP contribution is -2.30. The fourth-order valence-corrected chi connectivity index (χ4v) is 5.87. The molecule has 1 saturated heterocycles. The molecule has 1 aromatic carbocycles. The molecule has 0 unspecified atom stereocenters. The van der Waals surface area contributed by atoms with Gasteiger partial charge in [0, 0.05) is 19.6 Å². The zero-order chi connectivity index (χ0) is 18.0. The van der Waals surface area contributed by atoms with Crippen LogP contribution in [0, 0.1) is 13.8 Å². The van der Waals surface area contributed by atoms with Crippen molar-refractivity contribution in [1.82, 2.24) is 9.62 Å². The van der Waals surface area contributed by atoms with E-state index in [0.717, 1.165) is 24.0 Å². The standard InChI is InChI=1S/C18H22N2O3S2/c1-13-5-6-15(14(2)11-13)12-19-18(21)17-16(7-10-24-17)25(22,23)20-8-3-4-9-20/h5-7,10-11H,3-4,8-9,12H2,1-2H3,(H,19,21). The number of carbonyl (C=O) groups is 1. The molecule has 0 aliphatic carbocycles. The molecule has 0 saturated carbocycles. The largest absolute Gasteiger partial charge is 0.347 e. The van der Waals surface area contributed by atoms with Crippen LogP contribution in [0.3, 0.4) is 0 Å². The highest BCUT2D eigenvalue weighted by Crippen LogP contribution is 2.27. The van der Waals surface area contributed by atoms with Crippen LogP contribution in [0.1, 0.15) is 39.2 Å². The van der Waals surface area contributed by atoms with Crippen molar-refractivity contribution in [1.29, 1.82) is 0 Å². The van der Waals surface area contributed by atoms with Gasteiger partial charge in [-0.25, -0.2) is 8.42 Å². The minimum atomic E-state index is -3.58. The Bertz CT molecular complexity index is 881. The van der Waals surface area contributed by atoms with Gasteiger partial charge >= 0.3 is 0 Å². The van der Waals surface area contributed by atoms with Gasteiger partial charge in [0.2, 0.25) is 10.0 Å². The van der Waals surface area contributed by atoms with Crippen LogP contribution in [0.5, 0.6) is 0 Å². The van der Waals surface area contributed by atoms with Crippen molar-refractivity contribution in [2.75, 3.05) is 13.1 Å². The van der Waals surface area contributed by atoms with E-state index < -0.39 is 10.0 Å². The van der Waals surface area contributed by atoms with Crippen molar-refractivity contribution in [2.24, 2.45) is 0 Å². The van der Waals surface area contributed by atoms with E-state index in [4.69, 9.17) is 0 Å². The summed E-state index contributed by atoms with van der Waals surface area (Å²) in [4.78, 5) is 12.9. The summed E-state index contributed by atoms with van der Waals surface area (Å²) in [5.74, 6) is -0.340. The third kappa shape index (κ3) is 3.78. The quantitative estimate of drug-likeness (QED) is 0.869. The van der Waals surface area contributed by atoms with Crippen LogP contribution in [0.2, 0.25) is 0 Å². The second-order valence-electron chi connectivity index (χ2n) is 6.34. The van der Waals surface area contributed by atoms with Crippen LogP contribution < -0.4 is 5.32 Å². The molecule has 2 heterocycles. The van der Waals surface area contributed by atoms with Crippen molar-refractivity contribution < 1.29 is 13.2 Å². The summed E-state index contributed by atoms with van der Waals surface area (Å²) in [7, 11) is -3.58. The highest BCUT2D eigenvalue weighted by atomic mass is 32.2. The average molecular weight is 379 g/mol. The van der Waals surface area contributed by atoms with Gasteiger partial charge in [0.1, 0.15) is 9.77 Å². The molecule has 1 N–H and O–H groups in total. The molecule has 5 nitrogen and oxygen atoms in total. The van der Waals surface area contributed by atoms with Crippen molar-refractivity contribution in [3.8, 4) is 0 Å². The van der Waals surface area contributed by atoms with E-state index in [1.54, 1.807) is 5.38 Å². The zero-order valence-electron chi connectivity index (χ0n) is 14.4. The summed E-state index contributed by atoms with van der Waals surface area (Å²) in [6, 6.07) is 7.59. The molecule has 1 aliphatic rings. The second kappa shape index (κ2) is 7.27. The van der Waals surface area contributed by atoms with Gasteiger partial charge in [-0.1, -0.05) is 23.8 Å². The lowest BCUT2D eigenvalue weighted by Gasteiger charge is -2.15. The first-order valence-corrected chi connectivity index (χ1v) is 10.6. The predicted molar refractivity (Wildman–Crippen MR) is 99.4 cm³/mol. The molecule has 1 fully saturated rings. The van der Waals surface area contributed by atoms with Gasteiger partial charge in [0.15, 0.2) is 0 Å². The summed E-state index contributed by atoms with van der Waals surface area (Å²) in [5.41, 5.74) is 3.31. The van der Waals surface area contributed by atoms with Crippen molar-refractivity contribution in [3.63, 3.8) is 0 Å². The Kier molecular flexibility index (Phi) is 5.27. The van der Waals surface area contributed by atoms with Crippen LogP contribution in [0.25, 0.3) is 0 Å². The molecule has 7 heteroatoms. The maximum absolute atomic E-state index is 12.7. The molecule has 0 spiro atoms. The number of nitrogens with one attached hydrogen (secondary N) is 1. The number of hydrogen-bond donors (Lipinski definition) is 1. The van der Waals surface area contributed by atoms with Gasteiger partial charge < -0.3 is 5.32 Å². The fraction of sp³-hybridized carbons (Fsp3) is 0.389. The Morgan fingerprint density at radius 3 is 2.60 bits per heavy atom. The van der Waals surface area contributed by atoms with Crippen molar-refractivity contribution in [3.05, 3.63) is 51.2 Å². The van der Waals surface area contributed by atoms with Crippen LogP contribution in [-0.2, 0) is 16.6 Å². The monoisotopic (exact) mass is 378 g/mol. The number of amides is 1. The van der Waals surface area contributed by atoms with E-state index in [-0.39, 0.29) is 15.7 Å². The molecule has 1 aliphatic heterocycles. The van der Waals surface area contributed by atoms with Gasteiger partial charge in [-0.05, 0) is 49.3 Å². The molecule has 25 heavy (non-hydrogen) atoms. The van der Waals surface area contributed by atoms with Crippen LogP contribution in [0.15, 0.2) is 34.5 Å². The molecule has 0 bridgehead atoms. The van der Waals surface area contributed by atoms with Crippen LogP contribution in [-0.4, -0.2) is 31.7 Å². The normalized spacial score (nSPS) is 15.4. The number of thiophene rings is 1. The molecule has 1 amide bonds. The first-order valence-electron chi connectivity index (χ1n) is 8.31. The van der Waals surface area contributed by atoms with Gasteiger partial charge in [0.05, 0.1) is 0 Å². The van der Waals surface area contributed by atoms with E-state index in [1.807, 2.05) is 26.0 Å². The number of aryl methyl sites for hydroxylation is 2. The first-order chi connectivity index (χ1) is 11.9. The van der Waals surface area contributed by atoms with E-state index in [0.29, 0.717) is 19.6 Å². The third-order valence-electron chi connectivity index (χ3n) is 4.46. The molecular weight excluding hydrogens is 356 g/mol. The Hall–Kier alpha value is -1.70. The van der Waals surface area contributed by atoms with Gasteiger partial charge in [-0.3, -0.25) is 4.79 Å². The number of benzene rings is 1. The maximum Gasteiger partial charge on any atom is 0.263 e. The Labute approximate surface area is 152 Å². The number of nitrogens with zero attached hydrogens (tertiary/aromatic N) is 1. The highest BCUT2D eigenvalue weighted by Gasteiger charge is 2.31. The second-order valence-corrected chi connectivity index (χ2v) is 9.16. The summed E-state index contributed by atoms with van der Waals surface area (Å²) in [5, 5.41) is 4.51. The number of rotatable bonds is 5. The molecule has 2 aromatic rings. The minimum Gasteiger partial charge on any atom is -0.347 e. The van der Waals surface area contributed by atoms with E-state index in [9.17, 15) is 13.2 Å². The van der Waals surface area contributed by atoms with E-state index >= 15 is 0 Å². The van der Waals surface area contributed by atoms with Gasteiger partial charge in [0.25, 0.3) is 5.91 Å². The third-order valence-corrected chi connectivity index (χ3v) is 7.44. The lowest BCUT2D eigenvalue weighted by atomic mass is 10.1. The molecule has 0 atom stereocenters. The topological polar surface area (TPSA) is 66.5 Å². The summed E-state index contributed by atoms with van der Waals surface area (Å²) in [6.45, 7) is 5.47. The SMILES string of the molecule is Cc1ccc(CNC(=O)c2sccc2S(=O)(=O)N2CCCC2)c(C)c1. The lowest BCUT2D eigenvalue weighted by molar-refractivity contribution is 0.0952. The highest BCUT2D eigenvalue weighted by molar-refractivity contribution is 7.89. The van der Waals surface area contributed by atoms with E-state index in [2.05, 4.69) is 11.4 Å². The molecule has 134 valence electrons. The van der Waals surface area contributed by atoms with Crippen LogP contribution in [0.4, 0.5) is 0 Å². The molecule has 1 aromatic heterocycles. The van der Waals surface area contributed by atoms with Gasteiger partial charge in [-0.15, -0.1) is 11.3 Å². The summed E-state index contributed by atoms with van der Waals surface area (Å²) in [6.07, 6.45) is 1.75. The molecule has 0 radical (unpaired) electrons. The predicted octanol–water partition coefficient (Wildman–Crippen LogP) is 3.08. The smallest absolute Gasteiger partial charge is 0.263 e. The Morgan fingerprint density at radius 2 is 1.92 bits per heavy atom. The molecular formula is C18H22N2O3S2. The summed E-state index contributed by atoms with van der Waals surface area (Å²) >= 11 is 1.17. The maximum atomic E-state index is 12.7. The zero-order valence-corrected chi connectivity index (χ0v) is 16.0. The number of carbonyl (C=O) groups excluding carboxylic acids is 1. The fourth-order valence-electron chi connectivity index (χ4n) is 3.03.